The highest BCUT2D eigenvalue weighted by molar-refractivity contribution is 6.09. The molecule has 4 aromatic carbocycles. The molecule has 0 spiro atoms. The van der Waals surface area contributed by atoms with Gasteiger partial charge in [0, 0.05) is 40.0 Å². The molecule has 0 aliphatic carbocycles. The summed E-state index contributed by atoms with van der Waals surface area (Å²) in [6, 6.07) is 31.3. The van der Waals surface area contributed by atoms with Crippen molar-refractivity contribution in [3.8, 4) is 0 Å². The molecule has 2 nitrogen and oxygen atoms in total. The summed E-state index contributed by atoms with van der Waals surface area (Å²) in [5.41, 5.74) is 10.3. The number of fused-ring (bicyclic) bond motifs is 5. The fourth-order valence-electron chi connectivity index (χ4n) is 5.41. The number of rotatable bonds is 1. The van der Waals surface area contributed by atoms with Crippen LogP contribution in [0, 0.1) is 6.92 Å². The third-order valence-electron chi connectivity index (χ3n) is 7.04. The van der Waals surface area contributed by atoms with Gasteiger partial charge < -0.3 is 9.47 Å². The molecule has 0 N–H and O–H groups in total. The smallest absolute Gasteiger partial charge is 0.0502 e. The van der Waals surface area contributed by atoms with Crippen molar-refractivity contribution >= 4 is 38.9 Å². The Hall–Kier alpha value is -3.52. The second-order valence-electron chi connectivity index (χ2n) is 9.28. The lowest BCUT2D eigenvalue weighted by molar-refractivity contribution is 0.632. The monoisotopic (exact) mass is 402 g/mol. The SMILES string of the molecule is Cc1ccc2c(c1)c1cc(N3c4ccccc4C(C)(C)c4ccccc43)ccc1n2C. The van der Waals surface area contributed by atoms with E-state index < -0.39 is 0 Å². The largest absolute Gasteiger partial charge is 0.344 e. The summed E-state index contributed by atoms with van der Waals surface area (Å²) in [4.78, 5) is 2.43. The van der Waals surface area contributed by atoms with Crippen molar-refractivity contribution in [1.82, 2.24) is 4.57 Å². The lowest BCUT2D eigenvalue weighted by Gasteiger charge is -2.42. The molecule has 0 bridgehead atoms. The van der Waals surface area contributed by atoms with Crippen molar-refractivity contribution in [2.75, 3.05) is 4.90 Å². The first-order chi connectivity index (χ1) is 15.0. The van der Waals surface area contributed by atoms with Gasteiger partial charge in [-0.05, 0) is 60.5 Å². The van der Waals surface area contributed by atoms with Crippen LogP contribution in [0.5, 0.6) is 0 Å². The molecule has 152 valence electrons. The molecule has 5 aromatic rings. The van der Waals surface area contributed by atoms with Gasteiger partial charge in [-0.1, -0.05) is 61.9 Å². The minimum atomic E-state index is -0.0374. The van der Waals surface area contributed by atoms with Gasteiger partial charge in [0.05, 0.1) is 11.4 Å². The number of nitrogens with zero attached hydrogens (tertiary/aromatic N) is 2. The van der Waals surface area contributed by atoms with E-state index in [0.717, 1.165) is 0 Å². The van der Waals surface area contributed by atoms with Crippen molar-refractivity contribution in [3.05, 3.63) is 102 Å². The van der Waals surface area contributed by atoms with Gasteiger partial charge in [-0.3, -0.25) is 0 Å². The van der Waals surface area contributed by atoms with Gasteiger partial charge in [0.25, 0.3) is 0 Å². The molecule has 31 heavy (non-hydrogen) atoms. The highest BCUT2D eigenvalue weighted by Gasteiger charge is 2.36. The Morgan fingerprint density at radius 3 is 1.84 bits per heavy atom. The molecule has 1 aromatic heterocycles. The highest BCUT2D eigenvalue weighted by atomic mass is 15.2. The lowest BCUT2D eigenvalue weighted by atomic mass is 9.73. The molecule has 1 aliphatic rings. The van der Waals surface area contributed by atoms with Crippen LogP contribution in [0.15, 0.2) is 84.9 Å². The van der Waals surface area contributed by atoms with Crippen LogP contribution in [0.2, 0.25) is 0 Å². The topological polar surface area (TPSA) is 8.17 Å². The molecule has 0 radical (unpaired) electrons. The Kier molecular flexibility index (Phi) is 3.68. The van der Waals surface area contributed by atoms with E-state index in [0.29, 0.717) is 0 Å². The Bertz CT molecular complexity index is 1440. The summed E-state index contributed by atoms with van der Waals surface area (Å²) in [6.07, 6.45) is 0. The van der Waals surface area contributed by atoms with E-state index >= 15 is 0 Å². The Balaban J connectivity index is 1.67. The molecule has 0 atom stereocenters. The summed E-state index contributed by atoms with van der Waals surface area (Å²) in [5.74, 6) is 0. The van der Waals surface area contributed by atoms with E-state index in [1.807, 2.05) is 0 Å². The summed E-state index contributed by atoms with van der Waals surface area (Å²) in [7, 11) is 2.16. The third kappa shape index (κ3) is 2.45. The van der Waals surface area contributed by atoms with Crippen LogP contribution in [0.25, 0.3) is 21.8 Å². The minimum absolute atomic E-state index is 0.0374. The second kappa shape index (κ2) is 6.24. The molecule has 0 unspecified atom stereocenters. The summed E-state index contributed by atoms with van der Waals surface area (Å²) in [5, 5.41) is 2.62. The first kappa shape index (κ1) is 18.3. The zero-order valence-corrected chi connectivity index (χ0v) is 18.5. The molecular weight excluding hydrogens is 376 g/mol. The van der Waals surface area contributed by atoms with E-state index in [-0.39, 0.29) is 5.41 Å². The Morgan fingerprint density at radius 2 is 1.19 bits per heavy atom. The fourth-order valence-corrected chi connectivity index (χ4v) is 5.41. The molecule has 6 rings (SSSR count). The van der Waals surface area contributed by atoms with Crippen LogP contribution in [0.3, 0.4) is 0 Å². The standard InChI is InChI=1S/C29H26N2/c1-19-13-15-25-21(17-19)22-18-20(14-16-26(22)30(25)4)31-27-11-7-5-9-23(27)29(2,3)24-10-6-8-12-28(24)31/h5-18H,1-4H3. The summed E-state index contributed by atoms with van der Waals surface area (Å²) in [6.45, 7) is 6.83. The molecule has 0 fully saturated rings. The maximum atomic E-state index is 2.43. The van der Waals surface area contributed by atoms with E-state index in [9.17, 15) is 0 Å². The van der Waals surface area contributed by atoms with Crippen LogP contribution in [0.4, 0.5) is 17.1 Å². The van der Waals surface area contributed by atoms with Gasteiger partial charge in [-0.25, -0.2) is 0 Å². The predicted octanol–water partition coefficient (Wildman–Crippen LogP) is 7.75. The van der Waals surface area contributed by atoms with Gasteiger partial charge in [0.1, 0.15) is 0 Å². The normalized spacial score (nSPS) is 14.6. The third-order valence-corrected chi connectivity index (χ3v) is 7.04. The van der Waals surface area contributed by atoms with Crippen molar-refractivity contribution in [1.29, 1.82) is 0 Å². The van der Waals surface area contributed by atoms with Gasteiger partial charge in [-0.2, -0.15) is 0 Å². The zero-order chi connectivity index (χ0) is 21.3. The predicted molar refractivity (Wildman–Crippen MR) is 132 cm³/mol. The van der Waals surface area contributed by atoms with E-state index in [1.165, 1.54) is 55.6 Å². The average Bonchev–Trinajstić information content (AvgIpc) is 3.05. The number of aryl methyl sites for hydroxylation is 2. The van der Waals surface area contributed by atoms with Crippen molar-refractivity contribution in [3.63, 3.8) is 0 Å². The van der Waals surface area contributed by atoms with Crippen LogP contribution < -0.4 is 4.90 Å². The first-order valence-electron chi connectivity index (χ1n) is 10.9. The molecular formula is C29H26N2. The van der Waals surface area contributed by atoms with E-state index in [2.05, 4.69) is 122 Å². The second-order valence-corrected chi connectivity index (χ2v) is 9.28. The molecule has 0 saturated heterocycles. The van der Waals surface area contributed by atoms with Gasteiger partial charge in [0.2, 0.25) is 0 Å². The van der Waals surface area contributed by atoms with Crippen molar-refractivity contribution in [2.24, 2.45) is 7.05 Å². The number of hydrogen-bond donors (Lipinski definition) is 0. The minimum Gasteiger partial charge on any atom is -0.344 e. The van der Waals surface area contributed by atoms with Crippen molar-refractivity contribution in [2.45, 2.75) is 26.2 Å². The van der Waals surface area contributed by atoms with Crippen LogP contribution >= 0.6 is 0 Å². The van der Waals surface area contributed by atoms with Crippen LogP contribution in [-0.4, -0.2) is 4.57 Å². The summed E-state index contributed by atoms with van der Waals surface area (Å²) >= 11 is 0. The molecule has 2 heterocycles. The van der Waals surface area contributed by atoms with Crippen LogP contribution in [-0.2, 0) is 12.5 Å². The first-order valence-corrected chi connectivity index (χ1v) is 10.9. The Morgan fingerprint density at radius 1 is 0.645 bits per heavy atom. The average molecular weight is 403 g/mol. The highest BCUT2D eigenvalue weighted by Crippen LogP contribution is 2.52. The van der Waals surface area contributed by atoms with Gasteiger partial charge in [0.15, 0.2) is 0 Å². The van der Waals surface area contributed by atoms with Crippen molar-refractivity contribution < 1.29 is 0 Å². The van der Waals surface area contributed by atoms with E-state index in [1.54, 1.807) is 0 Å². The number of benzene rings is 4. The molecule has 2 heteroatoms. The fraction of sp³-hybridized carbons (Fsp3) is 0.172. The van der Waals surface area contributed by atoms with Gasteiger partial charge >= 0.3 is 0 Å². The number of aromatic nitrogens is 1. The molecule has 0 saturated carbocycles. The quantitative estimate of drug-likeness (QED) is 0.278. The summed E-state index contributed by atoms with van der Waals surface area (Å²) < 4.78 is 2.30. The van der Waals surface area contributed by atoms with Crippen LogP contribution in [0.1, 0.15) is 30.5 Å². The van der Waals surface area contributed by atoms with E-state index in [4.69, 9.17) is 0 Å². The number of para-hydroxylation sites is 2. The maximum Gasteiger partial charge on any atom is 0.0502 e. The lowest BCUT2D eigenvalue weighted by Crippen LogP contribution is -2.30. The molecule has 1 aliphatic heterocycles. The number of anilines is 3. The van der Waals surface area contributed by atoms with Gasteiger partial charge in [-0.15, -0.1) is 0 Å². The number of hydrogen-bond acceptors (Lipinski definition) is 1. The Labute approximate surface area is 183 Å². The maximum absolute atomic E-state index is 2.43. The zero-order valence-electron chi connectivity index (χ0n) is 18.5. The molecule has 0 amide bonds.